The number of esters is 1. The minimum absolute atomic E-state index is 0.125. The Hall–Kier alpha value is -2.23. The van der Waals surface area contributed by atoms with Gasteiger partial charge in [0.1, 0.15) is 0 Å². The van der Waals surface area contributed by atoms with Gasteiger partial charge in [-0.3, -0.25) is 9.59 Å². The Bertz CT molecular complexity index is 902. The van der Waals surface area contributed by atoms with Gasteiger partial charge in [0.2, 0.25) is 10.0 Å². The lowest BCUT2D eigenvalue weighted by Crippen LogP contribution is -2.35. The fraction of sp³-hybridized carbons (Fsp3) is 0.368. The number of carbonyl (C=O) groups is 2. The largest absolute Gasteiger partial charge is 0.455 e. The monoisotopic (exact) mass is 422 g/mol. The maximum atomic E-state index is 12.6. The maximum absolute atomic E-state index is 12.6. The molecule has 1 aliphatic heterocycles. The number of ether oxygens (including phenoxy) is 1. The Balaban J connectivity index is 1.50. The van der Waals surface area contributed by atoms with E-state index in [0.717, 1.165) is 24.8 Å². The molecule has 1 N–H and O–H groups in total. The van der Waals surface area contributed by atoms with Gasteiger partial charge in [0.05, 0.1) is 11.3 Å². The van der Waals surface area contributed by atoms with Crippen LogP contribution in [0.1, 0.15) is 24.8 Å². The van der Waals surface area contributed by atoms with Crippen molar-refractivity contribution in [2.75, 3.05) is 25.0 Å². The molecule has 0 aliphatic carbocycles. The molecule has 2 heterocycles. The fourth-order valence-corrected chi connectivity index (χ4v) is 5.10. The molecule has 1 amide bonds. The summed E-state index contributed by atoms with van der Waals surface area (Å²) in [5, 5.41) is 6.31. The number of benzene rings is 1. The molecule has 1 aromatic carbocycles. The number of hydrogen-bond acceptors (Lipinski definition) is 6. The number of thiophene rings is 1. The van der Waals surface area contributed by atoms with Crippen LogP contribution in [0.5, 0.6) is 0 Å². The molecule has 0 unspecified atom stereocenters. The molecule has 0 radical (unpaired) electrons. The molecule has 1 aliphatic rings. The van der Waals surface area contributed by atoms with Gasteiger partial charge in [-0.25, -0.2) is 8.42 Å². The molecule has 28 heavy (non-hydrogen) atoms. The number of rotatable bonds is 7. The van der Waals surface area contributed by atoms with Gasteiger partial charge in [-0.2, -0.15) is 15.6 Å². The Labute approximate surface area is 168 Å². The first kappa shape index (κ1) is 20.5. The van der Waals surface area contributed by atoms with Gasteiger partial charge in [0.15, 0.2) is 6.61 Å². The quantitative estimate of drug-likeness (QED) is 0.693. The van der Waals surface area contributed by atoms with Crippen molar-refractivity contribution in [1.29, 1.82) is 0 Å². The number of sulfonamides is 1. The number of hydrogen-bond donors (Lipinski definition) is 1. The van der Waals surface area contributed by atoms with E-state index >= 15 is 0 Å². The SMILES string of the molecule is O=C(COC(=O)Cc1ccsc1)Nc1ccc(S(=O)(=O)N2CCCCC2)cc1. The van der Waals surface area contributed by atoms with Gasteiger partial charge < -0.3 is 10.1 Å². The molecule has 2 aromatic rings. The van der Waals surface area contributed by atoms with Gasteiger partial charge in [0.25, 0.3) is 5.91 Å². The predicted octanol–water partition coefficient (Wildman–Crippen LogP) is 2.65. The molecule has 0 saturated carbocycles. The van der Waals surface area contributed by atoms with E-state index in [1.165, 1.54) is 39.9 Å². The number of nitrogens with one attached hydrogen (secondary N) is 1. The molecule has 9 heteroatoms. The molecule has 0 bridgehead atoms. The van der Waals surface area contributed by atoms with Gasteiger partial charge in [0, 0.05) is 18.8 Å². The summed E-state index contributed by atoms with van der Waals surface area (Å²) in [7, 11) is -3.50. The van der Waals surface area contributed by atoms with Crippen molar-refractivity contribution in [3.05, 3.63) is 46.7 Å². The zero-order valence-electron chi connectivity index (χ0n) is 15.3. The van der Waals surface area contributed by atoms with Crippen LogP contribution in [0.3, 0.4) is 0 Å². The summed E-state index contributed by atoms with van der Waals surface area (Å²) in [4.78, 5) is 23.8. The van der Waals surface area contributed by atoms with Crippen LogP contribution in [-0.2, 0) is 30.8 Å². The van der Waals surface area contributed by atoms with Crippen molar-refractivity contribution in [3.8, 4) is 0 Å². The van der Waals surface area contributed by atoms with E-state index in [1.807, 2.05) is 16.8 Å². The molecule has 1 saturated heterocycles. The second-order valence-corrected chi connectivity index (χ2v) is 9.22. The van der Waals surface area contributed by atoms with Crippen molar-refractivity contribution >= 4 is 38.9 Å². The van der Waals surface area contributed by atoms with Crippen molar-refractivity contribution < 1.29 is 22.7 Å². The molecule has 0 spiro atoms. The van der Waals surface area contributed by atoms with E-state index in [-0.39, 0.29) is 11.3 Å². The van der Waals surface area contributed by atoms with Gasteiger partial charge in [-0.1, -0.05) is 6.42 Å². The standard InChI is InChI=1S/C19H22N2O5S2/c22-18(13-26-19(23)12-15-8-11-27-14-15)20-16-4-6-17(7-5-16)28(24,25)21-9-2-1-3-10-21/h4-8,11,14H,1-3,9-10,12-13H2,(H,20,22). The summed E-state index contributed by atoms with van der Waals surface area (Å²) in [5.41, 5.74) is 1.29. The number of anilines is 1. The molecule has 0 atom stereocenters. The summed E-state index contributed by atoms with van der Waals surface area (Å²) in [6.07, 6.45) is 2.92. The lowest BCUT2D eigenvalue weighted by molar-refractivity contribution is -0.146. The summed E-state index contributed by atoms with van der Waals surface area (Å²) in [6.45, 7) is 0.686. The lowest BCUT2D eigenvalue weighted by Gasteiger charge is -2.25. The van der Waals surface area contributed by atoms with Gasteiger partial charge in [-0.15, -0.1) is 0 Å². The van der Waals surface area contributed by atoms with Crippen LogP contribution < -0.4 is 5.32 Å². The highest BCUT2D eigenvalue weighted by Crippen LogP contribution is 2.22. The van der Waals surface area contributed by atoms with E-state index in [0.29, 0.717) is 18.8 Å². The van der Waals surface area contributed by atoms with Crippen molar-refractivity contribution in [2.45, 2.75) is 30.6 Å². The minimum atomic E-state index is -3.50. The molecule has 1 aromatic heterocycles. The van der Waals surface area contributed by atoms with Gasteiger partial charge in [-0.05, 0) is 59.5 Å². The minimum Gasteiger partial charge on any atom is -0.455 e. The first-order valence-corrected chi connectivity index (χ1v) is 11.4. The third-order valence-electron chi connectivity index (χ3n) is 4.38. The topological polar surface area (TPSA) is 92.8 Å². The first-order chi connectivity index (χ1) is 13.4. The molecule has 1 fully saturated rings. The van der Waals surface area contributed by atoms with E-state index in [9.17, 15) is 18.0 Å². The number of nitrogens with zero attached hydrogens (tertiary/aromatic N) is 1. The number of amides is 1. The smallest absolute Gasteiger partial charge is 0.310 e. The molecular formula is C19H22N2O5S2. The van der Waals surface area contributed by atoms with Crippen LogP contribution in [0.25, 0.3) is 0 Å². The summed E-state index contributed by atoms with van der Waals surface area (Å²) in [6, 6.07) is 7.83. The number of piperidine rings is 1. The first-order valence-electron chi connectivity index (χ1n) is 9.02. The average molecular weight is 423 g/mol. The van der Waals surface area contributed by atoms with Crippen LogP contribution in [0.15, 0.2) is 46.0 Å². The van der Waals surface area contributed by atoms with E-state index in [2.05, 4.69) is 5.32 Å². The zero-order chi connectivity index (χ0) is 20.0. The Morgan fingerprint density at radius 2 is 1.79 bits per heavy atom. The molecule has 150 valence electrons. The Morgan fingerprint density at radius 3 is 2.43 bits per heavy atom. The highest BCUT2D eigenvalue weighted by molar-refractivity contribution is 7.89. The highest BCUT2D eigenvalue weighted by Gasteiger charge is 2.25. The highest BCUT2D eigenvalue weighted by atomic mass is 32.2. The van der Waals surface area contributed by atoms with E-state index in [1.54, 1.807) is 0 Å². The van der Waals surface area contributed by atoms with Crippen molar-refractivity contribution in [2.24, 2.45) is 0 Å². The summed E-state index contributed by atoms with van der Waals surface area (Å²) >= 11 is 1.49. The van der Waals surface area contributed by atoms with Gasteiger partial charge >= 0.3 is 5.97 Å². The zero-order valence-corrected chi connectivity index (χ0v) is 16.9. The predicted molar refractivity (Wildman–Crippen MR) is 107 cm³/mol. The second kappa shape index (κ2) is 9.31. The normalized spacial score (nSPS) is 15.1. The third kappa shape index (κ3) is 5.40. The molecule has 7 nitrogen and oxygen atoms in total. The molecular weight excluding hydrogens is 400 g/mol. The van der Waals surface area contributed by atoms with Crippen LogP contribution in [0.4, 0.5) is 5.69 Å². The van der Waals surface area contributed by atoms with Crippen LogP contribution >= 0.6 is 11.3 Å². The molecule has 3 rings (SSSR count). The Kier molecular flexibility index (Phi) is 6.82. The van der Waals surface area contributed by atoms with Crippen molar-refractivity contribution in [3.63, 3.8) is 0 Å². The second-order valence-electron chi connectivity index (χ2n) is 6.51. The fourth-order valence-electron chi connectivity index (χ4n) is 2.92. The van der Waals surface area contributed by atoms with E-state index < -0.39 is 28.5 Å². The summed E-state index contributed by atoms with van der Waals surface area (Å²) in [5.74, 6) is -0.957. The van der Waals surface area contributed by atoms with E-state index in [4.69, 9.17) is 4.74 Å². The van der Waals surface area contributed by atoms with Crippen LogP contribution in [0.2, 0.25) is 0 Å². The lowest BCUT2D eigenvalue weighted by atomic mass is 10.2. The third-order valence-corrected chi connectivity index (χ3v) is 7.03. The number of carbonyl (C=O) groups excluding carboxylic acids is 2. The maximum Gasteiger partial charge on any atom is 0.310 e. The van der Waals surface area contributed by atoms with Crippen LogP contribution in [0, 0.1) is 0 Å². The van der Waals surface area contributed by atoms with Crippen LogP contribution in [-0.4, -0.2) is 44.3 Å². The van der Waals surface area contributed by atoms with Crippen molar-refractivity contribution in [1.82, 2.24) is 4.31 Å². The average Bonchev–Trinajstić information content (AvgIpc) is 3.20. The summed E-state index contributed by atoms with van der Waals surface area (Å²) < 4.78 is 31.7. The Morgan fingerprint density at radius 1 is 1.07 bits per heavy atom.